The normalized spacial score (nSPS) is 34.6. The number of methoxy groups -OCH3 is 1. The number of carbonyl (C=O) groups is 1. The summed E-state index contributed by atoms with van der Waals surface area (Å²) in [5, 5.41) is 10.5. The highest BCUT2D eigenvalue weighted by Crippen LogP contribution is 2.38. The molecule has 0 saturated carbocycles. The van der Waals surface area contributed by atoms with Crippen molar-refractivity contribution >= 4 is 5.97 Å². The van der Waals surface area contributed by atoms with Gasteiger partial charge in [0.25, 0.3) is 0 Å². The first-order valence-electron chi connectivity index (χ1n) is 7.84. The molecule has 2 saturated heterocycles. The quantitative estimate of drug-likeness (QED) is 0.819. The second kappa shape index (κ2) is 6.78. The predicted molar refractivity (Wildman–Crippen MR) is 81.7 cm³/mol. The summed E-state index contributed by atoms with van der Waals surface area (Å²) in [7, 11) is 1.24. The number of hydrogen-bond acceptors (Lipinski definition) is 7. The van der Waals surface area contributed by atoms with E-state index in [-0.39, 0.29) is 6.61 Å². The average molecular weight is 338 g/mol. The lowest BCUT2D eigenvalue weighted by Gasteiger charge is -2.38. The Hall–Kier alpha value is -1.51. The molecule has 0 aliphatic carbocycles. The Kier molecular flexibility index (Phi) is 4.89. The predicted octanol–water partition coefficient (Wildman–Crippen LogP) is 0.982. The van der Waals surface area contributed by atoms with E-state index < -0.39 is 42.5 Å². The molecule has 2 aliphatic rings. The molecule has 0 spiro atoms. The molecule has 0 radical (unpaired) electrons. The van der Waals surface area contributed by atoms with Crippen LogP contribution in [-0.2, 0) is 35.1 Å². The fourth-order valence-corrected chi connectivity index (χ4v) is 2.95. The summed E-state index contributed by atoms with van der Waals surface area (Å²) in [6.45, 7) is 3.74. The van der Waals surface area contributed by atoms with Crippen molar-refractivity contribution in [3.8, 4) is 0 Å². The molecule has 0 amide bonds. The highest BCUT2D eigenvalue weighted by atomic mass is 16.8. The van der Waals surface area contributed by atoms with Gasteiger partial charge in [-0.15, -0.1) is 0 Å². The van der Waals surface area contributed by atoms with E-state index in [0.717, 1.165) is 5.56 Å². The van der Waals surface area contributed by atoms with E-state index in [0.29, 0.717) is 0 Å². The third kappa shape index (κ3) is 3.45. The molecule has 132 valence electrons. The molecule has 2 unspecified atom stereocenters. The maximum atomic E-state index is 11.9. The lowest BCUT2D eigenvalue weighted by Crippen LogP contribution is -2.59. The van der Waals surface area contributed by atoms with E-state index >= 15 is 0 Å². The van der Waals surface area contributed by atoms with Crippen LogP contribution in [0.2, 0.25) is 0 Å². The van der Waals surface area contributed by atoms with Gasteiger partial charge in [-0.2, -0.15) is 0 Å². The van der Waals surface area contributed by atoms with E-state index in [1.54, 1.807) is 13.8 Å². The van der Waals surface area contributed by atoms with Gasteiger partial charge < -0.3 is 28.8 Å². The summed E-state index contributed by atoms with van der Waals surface area (Å²) in [5.74, 6) is -1.57. The van der Waals surface area contributed by atoms with Crippen LogP contribution >= 0.6 is 0 Å². The Bertz CT molecular complexity index is 574. The van der Waals surface area contributed by atoms with Crippen LogP contribution in [0.1, 0.15) is 19.4 Å². The zero-order valence-electron chi connectivity index (χ0n) is 13.9. The van der Waals surface area contributed by atoms with Crippen LogP contribution in [0.4, 0.5) is 0 Å². The molecular weight excluding hydrogens is 316 g/mol. The van der Waals surface area contributed by atoms with Crippen molar-refractivity contribution in [3.63, 3.8) is 0 Å². The maximum Gasteiger partial charge on any atom is 0.337 e. The van der Waals surface area contributed by atoms with Crippen molar-refractivity contribution in [3.05, 3.63) is 35.9 Å². The standard InChI is InChI=1S/C17H22O7/c1-17(2)23-14-12(21-9-10-7-5-4-6-8-10)11(18)13(15(19)20-3)22-16(14)24-17/h4-8,11-14,16,18H,9H2,1-3H3/t11-,12+,13?,14?,16+/m0/s1. The van der Waals surface area contributed by atoms with E-state index in [1.807, 2.05) is 30.3 Å². The van der Waals surface area contributed by atoms with Crippen LogP contribution in [0, 0.1) is 0 Å². The number of rotatable bonds is 4. The van der Waals surface area contributed by atoms with Gasteiger partial charge in [0, 0.05) is 0 Å². The van der Waals surface area contributed by atoms with Crippen molar-refractivity contribution in [2.45, 2.75) is 56.9 Å². The Labute approximate surface area is 140 Å². The summed E-state index contributed by atoms with van der Waals surface area (Å²) in [4.78, 5) is 11.9. The third-order valence-corrected chi connectivity index (χ3v) is 4.06. The number of fused-ring (bicyclic) bond motifs is 1. The van der Waals surface area contributed by atoms with Gasteiger partial charge in [-0.25, -0.2) is 4.79 Å². The van der Waals surface area contributed by atoms with Gasteiger partial charge in [-0.05, 0) is 19.4 Å². The number of aliphatic hydroxyl groups is 1. The van der Waals surface area contributed by atoms with E-state index in [1.165, 1.54) is 7.11 Å². The molecule has 1 aromatic carbocycles. The third-order valence-electron chi connectivity index (χ3n) is 4.06. The topological polar surface area (TPSA) is 83.5 Å². The second-order valence-corrected chi connectivity index (χ2v) is 6.30. The van der Waals surface area contributed by atoms with Gasteiger partial charge in [0.2, 0.25) is 0 Å². The SMILES string of the molecule is COC(=O)C1O[C@@H]2OC(C)(C)OC2[C@H](OCc2ccccc2)[C@@H]1O. The monoisotopic (exact) mass is 338 g/mol. The van der Waals surface area contributed by atoms with Crippen molar-refractivity contribution in [1.82, 2.24) is 0 Å². The highest BCUT2D eigenvalue weighted by molar-refractivity contribution is 5.75. The number of benzene rings is 1. The van der Waals surface area contributed by atoms with Crippen molar-refractivity contribution in [1.29, 1.82) is 0 Å². The molecule has 1 N–H and O–H groups in total. The molecule has 2 fully saturated rings. The van der Waals surface area contributed by atoms with E-state index in [4.69, 9.17) is 23.7 Å². The van der Waals surface area contributed by atoms with E-state index in [9.17, 15) is 9.90 Å². The lowest BCUT2D eigenvalue weighted by atomic mass is 9.98. The second-order valence-electron chi connectivity index (χ2n) is 6.30. The van der Waals surface area contributed by atoms with Crippen LogP contribution in [-0.4, -0.2) is 54.7 Å². The number of carbonyl (C=O) groups excluding carboxylic acids is 1. The van der Waals surface area contributed by atoms with Gasteiger partial charge >= 0.3 is 5.97 Å². The minimum Gasteiger partial charge on any atom is -0.467 e. The average Bonchev–Trinajstić information content (AvgIpc) is 2.87. The molecule has 2 heterocycles. The first-order chi connectivity index (χ1) is 11.4. The Morgan fingerprint density at radius 1 is 1.25 bits per heavy atom. The van der Waals surface area contributed by atoms with Crippen LogP contribution in [0.5, 0.6) is 0 Å². The van der Waals surface area contributed by atoms with Crippen LogP contribution in [0.15, 0.2) is 30.3 Å². The molecule has 0 aromatic heterocycles. The van der Waals surface area contributed by atoms with Gasteiger partial charge in [0.1, 0.15) is 18.3 Å². The van der Waals surface area contributed by atoms with Crippen LogP contribution in [0.3, 0.4) is 0 Å². The molecule has 3 rings (SSSR count). The fourth-order valence-electron chi connectivity index (χ4n) is 2.95. The summed E-state index contributed by atoms with van der Waals surface area (Å²) >= 11 is 0. The summed E-state index contributed by atoms with van der Waals surface area (Å²) in [5.41, 5.74) is 0.945. The van der Waals surface area contributed by atoms with Gasteiger partial charge in [0.05, 0.1) is 13.7 Å². The molecule has 1 aromatic rings. The zero-order chi connectivity index (χ0) is 17.3. The smallest absolute Gasteiger partial charge is 0.337 e. The van der Waals surface area contributed by atoms with Crippen molar-refractivity contribution < 1.29 is 33.6 Å². The summed E-state index contributed by atoms with van der Waals surface area (Å²) in [6, 6.07) is 9.54. The molecule has 0 bridgehead atoms. The molecular formula is C17H22O7. The van der Waals surface area contributed by atoms with Gasteiger partial charge in [-0.3, -0.25) is 0 Å². The lowest BCUT2D eigenvalue weighted by molar-refractivity contribution is -0.260. The van der Waals surface area contributed by atoms with Crippen LogP contribution < -0.4 is 0 Å². The molecule has 2 aliphatic heterocycles. The summed E-state index contributed by atoms with van der Waals surface area (Å²) < 4.78 is 27.6. The Morgan fingerprint density at radius 3 is 2.62 bits per heavy atom. The summed E-state index contributed by atoms with van der Waals surface area (Å²) in [6.07, 6.45) is -4.64. The van der Waals surface area contributed by atoms with Crippen molar-refractivity contribution in [2.75, 3.05) is 7.11 Å². The van der Waals surface area contributed by atoms with Gasteiger partial charge in [-0.1, -0.05) is 30.3 Å². The number of ether oxygens (including phenoxy) is 5. The van der Waals surface area contributed by atoms with Crippen LogP contribution in [0.25, 0.3) is 0 Å². The minimum atomic E-state index is -1.22. The van der Waals surface area contributed by atoms with Crippen molar-refractivity contribution in [2.24, 2.45) is 0 Å². The number of aliphatic hydroxyl groups excluding tert-OH is 1. The fraction of sp³-hybridized carbons (Fsp3) is 0.588. The first kappa shape index (κ1) is 17.3. The number of hydrogen-bond donors (Lipinski definition) is 1. The number of esters is 1. The molecule has 7 heteroatoms. The Balaban J connectivity index is 1.78. The Morgan fingerprint density at radius 2 is 1.96 bits per heavy atom. The highest BCUT2D eigenvalue weighted by Gasteiger charge is 2.56. The molecule has 7 nitrogen and oxygen atoms in total. The minimum absolute atomic E-state index is 0.267. The molecule has 24 heavy (non-hydrogen) atoms. The largest absolute Gasteiger partial charge is 0.467 e. The van der Waals surface area contributed by atoms with E-state index in [2.05, 4.69) is 0 Å². The van der Waals surface area contributed by atoms with Gasteiger partial charge in [0.15, 0.2) is 18.2 Å². The molecule has 5 atom stereocenters. The maximum absolute atomic E-state index is 11.9. The first-order valence-corrected chi connectivity index (χ1v) is 7.84. The zero-order valence-corrected chi connectivity index (χ0v) is 13.9.